The number of thiazole rings is 1. The lowest BCUT2D eigenvalue weighted by atomic mass is 10.1. The average molecular weight is 318 g/mol. The minimum Gasteiger partial charge on any atom is -0.394 e. The predicted molar refractivity (Wildman–Crippen MR) is 83.8 cm³/mol. The van der Waals surface area contributed by atoms with Gasteiger partial charge in [-0.15, -0.1) is 11.3 Å². The van der Waals surface area contributed by atoms with E-state index in [4.69, 9.17) is 4.74 Å². The molecular formula is C16H18N2O3S. The molecular weight excluding hydrogens is 300 g/mol. The minimum absolute atomic E-state index is 0.0225. The zero-order valence-corrected chi connectivity index (χ0v) is 12.9. The SMILES string of the molecule is O=C(N[C@H](CO)c1ccccc1)c1csc([C@@H]2CCCO2)n1. The van der Waals surface area contributed by atoms with Gasteiger partial charge in [-0.3, -0.25) is 4.79 Å². The third-order valence-electron chi connectivity index (χ3n) is 3.65. The molecule has 0 radical (unpaired) electrons. The van der Waals surface area contributed by atoms with Crippen molar-refractivity contribution in [2.24, 2.45) is 0 Å². The molecule has 2 aromatic rings. The number of benzene rings is 1. The van der Waals surface area contributed by atoms with Crippen molar-refractivity contribution in [3.05, 3.63) is 52.0 Å². The molecule has 1 aromatic carbocycles. The molecule has 116 valence electrons. The number of nitrogens with zero attached hydrogens (tertiary/aromatic N) is 1. The highest BCUT2D eigenvalue weighted by atomic mass is 32.1. The number of nitrogens with one attached hydrogen (secondary N) is 1. The van der Waals surface area contributed by atoms with Crippen molar-refractivity contribution < 1.29 is 14.6 Å². The first-order valence-corrected chi connectivity index (χ1v) is 8.19. The highest BCUT2D eigenvalue weighted by molar-refractivity contribution is 7.09. The standard InChI is InChI=1S/C16H18N2O3S/c19-9-12(11-5-2-1-3-6-11)17-15(20)13-10-22-16(18-13)14-7-4-8-21-14/h1-3,5-6,10,12,14,19H,4,7-9H2,(H,17,20)/t12-,14+/m1/s1. The first-order valence-electron chi connectivity index (χ1n) is 7.31. The molecule has 2 N–H and O–H groups in total. The van der Waals surface area contributed by atoms with E-state index in [-0.39, 0.29) is 18.6 Å². The summed E-state index contributed by atoms with van der Waals surface area (Å²) in [5.41, 5.74) is 1.25. The highest BCUT2D eigenvalue weighted by Gasteiger charge is 2.23. The Morgan fingerprint density at radius 2 is 2.27 bits per heavy atom. The Bertz CT molecular complexity index is 623. The fourth-order valence-corrected chi connectivity index (χ4v) is 3.34. The summed E-state index contributed by atoms with van der Waals surface area (Å²) in [6.45, 7) is 0.602. The molecule has 1 aliphatic rings. The number of carbonyl (C=O) groups is 1. The van der Waals surface area contributed by atoms with Gasteiger partial charge in [-0.25, -0.2) is 4.98 Å². The maximum atomic E-state index is 12.3. The van der Waals surface area contributed by atoms with Gasteiger partial charge in [0.25, 0.3) is 5.91 Å². The number of aliphatic hydroxyl groups excluding tert-OH is 1. The third-order valence-corrected chi connectivity index (χ3v) is 4.59. The van der Waals surface area contributed by atoms with E-state index >= 15 is 0 Å². The Morgan fingerprint density at radius 1 is 1.45 bits per heavy atom. The number of hydrogen-bond acceptors (Lipinski definition) is 5. The number of rotatable bonds is 5. The fourth-order valence-electron chi connectivity index (χ4n) is 2.46. The Morgan fingerprint density at radius 3 is 2.95 bits per heavy atom. The molecule has 1 aromatic heterocycles. The van der Waals surface area contributed by atoms with Crippen LogP contribution in [0.5, 0.6) is 0 Å². The van der Waals surface area contributed by atoms with Crippen LogP contribution in [0, 0.1) is 0 Å². The van der Waals surface area contributed by atoms with Crippen LogP contribution >= 0.6 is 11.3 Å². The molecule has 1 aliphatic heterocycles. The number of ether oxygens (including phenoxy) is 1. The summed E-state index contributed by atoms with van der Waals surface area (Å²) >= 11 is 1.45. The van der Waals surface area contributed by atoms with Crippen molar-refractivity contribution in [2.75, 3.05) is 13.2 Å². The van der Waals surface area contributed by atoms with Crippen LogP contribution in [0.4, 0.5) is 0 Å². The number of aliphatic hydroxyl groups is 1. The van der Waals surface area contributed by atoms with Crippen molar-refractivity contribution in [2.45, 2.75) is 25.0 Å². The lowest BCUT2D eigenvalue weighted by molar-refractivity contribution is 0.0909. The Labute approximate surface area is 133 Å². The summed E-state index contributed by atoms with van der Waals surface area (Å²) in [5.74, 6) is -0.275. The molecule has 3 rings (SSSR count). The molecule has 1 saturated heterocycles. The van der Waals surface area contributed by atoms with Gasteiger partial charge in [0.15, 0.2) is 0 Å². The van der Waals surface area contributed by atoms with Crippen LogP contribution in [0.1, 0.15) is 46.0 Å². The summed E-state index contributed by atoms with van der Waals surface area (Å²) in [7, 11) is 0. The van der Waals surface area contributed by atoms with Crippen molar-refractivity contribution in [1.82, 2.24) is 10.3 Å². The second kappa shape index (κ2) is 7.00. The van der Waals surface area contributed by atoms with E-state index in [0.717, 1.165) is 30.0 Å². The van der Waals surface area contributed by atoms with Gasteiger partial charge in [0.05, 0.1) is 12.6 Å². The molecule has 0 saturated carbocycles. The zero-order valence-electron chi connectivity index (χ0n) is 12.1. The van der Waals surface area contributed by atoms with Gasteiger partial charge in [0.2, 0.25) is 0 Å². The molecule has 0 aliphatic carbocycles. The summed E-state index contributed by atoms with van der Waals surface area (Å²) < 4.78 is 5.58. The second-order valence-corrected chi connectivity index (χ2v) is 6.08. The molecule has 1 fully saturated rings. The van der Waals surface area contributed by atoms with Gasteiger partial charge in [0.1, 0.15) is 16.8 Å². The molecule has 0 unspecified atom stereocenters. The molecule has 1 amide bonds. The van der Waals surface area contributed by atoms with E-state index in [2.05, 4.69) is 10.3 Å². The van der Waals surface area contributed by atoms with Gasteiger partial charge in [-0.2, -0.15) is 0 Å². The summed E-state index contributed by atoms with van der Waals surface area (Å²) in [5, 5.41) is 14.9. The van der Waals surface area contributed by atoms with Crippen molar-refractivity contribution in [3.63, 3.8) is 0 Å². The summed E-state index contributed by atoms with van der Waals surface area (Å²) in [6.07, 6.45) is 2.01. The second-order valence-electron chi connectivity index (χ2n) is 5.19. The van der Waals surface area contributed by atoms with Gasteiger partial charge in [-0.1, -0.05) is 30.3 Å². The number of amides is 1. The molecule has 2 heterocycles. The van der Waals surface area contributed by atoms with Crippen LogP contribution in [0.15, 0.2) is 35.7 Å². The largest absolute Gasteiger partial charge is 0.394 e. The van der Waals surface area contributed by atoms with Gasteiger partial charge < -0.3 is 15.2 Å². The van der Waals surface area contributed by atoms with Crippen molar-refractivity contribution in [3.8, 4) is 0 Å². The molecule has 2 atom stereocenters. The molecule has 0 bridgehead atoms. The fraction of sp³-hybridized carbons (Fsp3) is 0.375. The van der Waals surface area contributed by atoms with Crippen LogP contribution in [0.25, 0.3) is 0 Å². The topological polar surface area (TPSA) is 71.5 Å². The molecule has 22 heavy (non-hydrogen) atoms. The van der Waals surface area contributed by atoms with Gasteiger partial charge in [-0.05, 0) is 18.4 Å². The predicted octanol–water partition coefficient (Wildman–Crippen LogP) is 2.46. The van der Waals surface area contributed by atoms with Gasteiger partial charge in [0, 0.05) is 12.0 Å². The monoisotopic (exact) mass is 318 g/mol. The average Bonchev–Trinajstić information content (AvgIpc) is 3.23. The molecule has 6 heteroatoms. The first kappa shape index (κ1) is 15.1. The maximum absolute atomic E-state index is 12.3. The third kappa shape index (κ3) is 3.35. The van der Waals surface area contributed by atoms with Crippen LogP contribution in [-0.2, 0) is 4.74 Å². The Hall–Kier alpha value is -1.76. The number of hydrogen-bond donors (Lipinski definition) is 2. The van der Waals surface area contributed by atoms with E-state index in [1.54, 1.807) is 5.38 Å². The summed E-state index contributed by atoms with van der Waals surface area (Å²) in [6, 6.07) is 8.97. The summed E-state index contributed by atoms with van der Waals surface area (Å²) in [4.78, 5) is 16.7. The lowest BCUT2D eigenvalue weighted by Gasteiger charge is -2.15. The quantitative estimate of drug-likeness (QED) is 0.888. The Kier molecular flexibility index (Phi) is 4.82. The van der Waals surface area contributed by atoms with Gasteiger partial charge >= 0.3 is 0 Å². The van der Waals surface area contributed by atoms with Crippen molar-refractivity contribution >= 4 is 17.2 Å². The van der Waals surface area contributed by atoms with E-state index < -0.39 is 6.04 Å². The smallest absolute Gasteiger partial charge is 0.271 e. The van der Waals surface area contributed by atoms with Crippen molar-refractivity contribution in [1.29, 1.82) is 0 Å². The minimum atomic E-state index is -0.429. The van der Waals surface area contributed by atoms with Crippen LogP contribution in [0.3, 0.4) is 0 Å². The Balaban J connectivity index is 1.68. The lowest BCUT2D eigenvalue weighted by Crippen LogP contribution is -2.31. The van der Waals surface area contributed by atoms with Crippen LogP contribution in [0.2, 0.25) is 0 Å². The van der Waals surface area contributed by atoms with E-state index in [9.17, 15) is 9.90 Å². The zero-order chi connectivity index (χ0) is 15.4. The van der Waals surface area contributed by atoms with Crippen LogP contribution < -0.4 is 5.32 Å². The number of carbonyl (C=O) groups excluding carboxylic acids is 1. The molecule has 0 spiro atoms. The normalized spacial score (nSPS) is 19.0. The van der Waals surface area contributed by atoms with E-state index in [0.29, 0.717) is 5.69 Å². The van der Waals surface area contributed by atoms with E-state index in [1.807, 2.05) is 30.3 Å². The first-order chi connectivity index (χ1) is 10.8. The van der Waals surface area contributed by atoms with E-state index in [1.165, 1.54) is 11.3 Å². The maximum Gasteiger partial charge on any atom is 0.271 e. The molecule has 5 nitrogen and oxygen atoms in total. The highest BCUT2D eigenvalue weighted by Crippen LogP contribution is 2.30. The van der Waals surface area contributed by atoms with Crippen LogP contribution in [-0.4, -0.2) is 29.2 Å². The number of aromatic nitrogens is 1.